The number of nitrogens with zero attached hydrogens (tertiary/aromatic N) is 3. The molecule has 6 heteroatoms. The van der Waals surface area contributed by atoms with Crippen molar-refractivity contribution in [2.45, 2.75) is 20.0 Å². The molecule has 25 heavy (non-hydrogen) atoms. The van der Waals surface area contributed by atoms with E-state index in [-0.39, 0.29) is 5.82 Å². The lowest BCUT2D eigenvalue weighted by atomic mass is 10.2. The van der Waals surface area contributed by atoms with Crippen LogP contribution in [0.25, 0.3) is 11.4 Å². The van der Waals surface area contributed by atoms with E-state index in [9.17, 15) is 4.39 Å². The number of ether oxygens (including phenoxy) is 1. The van der Waals surface area contributed by atoms with E-state index in [2.05, 4.69) is 10.1 Å². The van der Waals surface area contributed by atoms with Gasteiger partial charge in [0.15, 0.2) is 0 Å². The van der Waals surface area contributed by atoms with Crippen molar-refractivity contribution in [3.8, 4) is 17.1 Å². The van der Waals surface area contributed by atoms with Crippen LogP contribution in [-0.2, 0) is 13.1 Å². The molecule has 130 valence electrons. The zero-order valence-electron chi connectivity index (χ0n) is 14.3. The highest BCUT2D eigenvalue weighted by Gasteiger charge is 2.12. The van der Waals surface area contributed by atoms with Crippen molar-refractivity contribution in [3.05, 3.63) is 65.8 Å². The number of rotatable bonds is 7. The van der Waals surface area contributed by atoms with Crippen LogP contribution in [0.15, 0.2) is 53.1 Å². The van der Waals surface area contributed by atoms with Gasteiger partial charge in [-0.05, 0) is 44.3 Å². The smallest absolute Gasteiger partial charge is 0.241 e. The van der Waals surface area contributed by atoms with Crippen LogP contribution in [0.5, 0.6) is 5.75 Å². The molecule has 5 nitrogen and oxygen atoms in total. The molecule has 2 aromatic carbocycles. The van der Waals surface area contributed by atoms with Crippen LogP contribution in [0.2, 0.25) is 0 Å². The lowest BCUT2D eigenvalue weighted by Gasteiger charge is -2.14. The van der Waals surface area contributed by atoms with E-state index in [1.807, 2.05) is 49.2 Å². The van der Waals surface area contributed by atoms with E-state index in [4.69, 9.17) is 9.26 Å². The third-order valence-corrected chi connectivity index (χ3v) is 3.69. The number of hydrogen-bond acceptors (Lipinski definition) is 5. The number of aromatic nitrogens is 2. The number of hydrogen-bond donors (Lipinski definition) is 0. The fourth-order valence-electron chi connectivity index (χ4n) is 2.51. The standard InChI is InChI=1S/C19H20FN3O2/c1-3-24-16-10-8-14(9-11-16)19-21-18(25-22-19)13-23(2)12-15-6-4-5-7-17(15)20/h4-11H,3,12-13H2,1-2H3. The largest absolute Gasteiger partial charge is 0.494 e. The maximum atomic E-state index is 13.7. The Morgan fingerprint density at radius 2 is 1.84 bits per heavy atom. The highest BCUT2D eigenvalue weighted by molar-refractivity contribution is 5.55. The fraction of sp³-hybridized carbons (Fsp3) is 0.263. The summed E-state index contributed by atoms with van der Waals surface area (Å²) in [5, 5.41) is 4.01. The highest BCUT2D eigenvalue weighted by atomic mass is 19.1. The predicted octanol–water partition coefficient (Wildman–Crippen LogP) is 3.91. The van der Waals surface area contributed by atoms with Crippen molar-refractivity contribution < 1.29 is 13.7 Å². The minimum Gasteiger partial charge on any atom is -0.494 e. The molecule has 0 fully saturated rings. The molecule has 0 N–H and O–H groups in total. The molecule has 0 aliphatic rings. The molecule has 0 saturated carbocycles. The Balaban J connectivity index is 1.64. The molecular weight excluding hydrogens is 321 g/mol. The van der Waals surface area contributed by atoms with E-state index in [0.717, 1.165) is 11.3 Å². The third-order valence-electron chi connectivity index (χ3n) is 3.69. The Hall–Kier alpha value is -2.73. The Morgan fingerprint density at radius 1 is 1.08 bits per heavy atom. The fourth-order valence-corrected chi connectivity index (χ4v) is 2.51. The second-order valence-corrected chi connectivity index (χ2v) is 5.73. The van der Waals surface area contributed by atoms with Gasteiger partial charge in [-0.1, -0.05) is 23.4 Å². The summed E-state index contributed by atoms with van der Waals surface area (Å²) >= 11 is 0. The van der Waals surface area contributed by atoms with Crippen molar-refractivity contribution in [1.82, 2.24) is 15.0 Å². The van der Waals surface area contributed by atoms with Crippen molar-refractivity contribution in [1.29, 1.82) is 0 Å². The first-order valence-electron chi connectivity index (χ1n) is 8.13. The van der Waals surface area contributed by atoms with Crippen LogP contribution in [0.3, 0.4) is 0 Å². The Labute approximate surface area is 146 Å². The van der Waals surface area contributed by atoms with Crippen molar-refractivity contribution in [2.24, 2.45) is 0 Å². The third kappa shape index (κ3) is 4.42. The summed E-state index contributed by atoms with van der Waals surface area (Å²) < 4.78 is 24.4. The first-order valence-corrected chi connectivity index (χ1v) is 8.13. The average Bonchev–Trinajstić information content (AvgIpc) is 3.06. The summed E-state index contributed by atoms with van der Waals surface area (Å²) in [6.07, 6.45) is 0. The maximum absolute atomic E-state index is 13.7. The summed E-state index contributed by atoms with van der Waals surface area (Å²) in [6.45, 7) is 3.48. The topological polar surface area (TPSA) is 51.4 Å². The Morgan fingerprint density at radius 3 is 2.56 bits per heavy atom. The van der Waals surface area contributed by atoms with Gasteiger partial charge in [-0.15, -0.1) is 0 Å². The molecule has 0 spiro atoms. The molecular formula is C19H20FN3O2. The van der Waals surface area contributed by atoms with Crippen LogP contribution in [0.4, 0.5) is 4.39 Å². The highest BCUT2D eigenvalue weighted by Crippen LogP contribution is 2.20. The van der Waals surface area contributed by atoms with E-state index in [0.29, 0.717) is 37.0 Å². The van der Waals surface area contributed by atoms with Crippen molar-refractivity contribution in [2.75, 3.05) is 13.7 Å². The van der Waals surface area contributed by atoms with Gasteiger partial charge in [0, 0.05) is 17.7 Å². The molecule has 0 radical (unpaired) electrons. The zero-order chi connectivity index (χ0) is 17.6. The first-order chi connectivity index (χ1) is 12.2. The molecule has 1 aromatic heterocycles. The maximum Gasteiger partial charge on any atom is 0.241 e. The van der Waals surface area contributed by atoms with Gasteiger partial charge in [0.05, 0.1) is 13.2 Å². The lowest BCUT2D eigenvalue weighted by Crippen LogP contribution is -2.18. The van der Waals surface area contributed by atoms with Gasteiger partial charge >= 0.3 is 0 Å². The van der Waals surface area contributed by atoms with Crippen LogP contribution < -0.4 is 4.74 Å². The second kappa shape index (κ2) is 7.90. The lowest BCUT2D eigenvalue weighted by molar-refractivity contribution is 0.258. The van der Waals surface area contributed by atoms with Gasteiger partial charge in [-0.2, -0.15) is 4.98 Å². The summed E-state index contributed by atoms with van der Waals surface area (Å²) in [5.74, 6) is 1.61. The molecule has 0 aliphatic carbocycles. The number of benzene rings is 2. The summed E-state index contributed by atoms with van der Waals surface area (Å²) in [5.41, 5.74) is 1.49. The molecule has 3 aromatic rings. The van der Waals surface area contributed by atoms with E-state index >= 15 is 0 Å². The number of halogens is 1. The monoisotopic (exact) mass is 341 g/mol. The van der Waals surface area contributed by atoms with E-state index in [1.165, 1.54) is 6.07 Å². The molecule has 0 saturated heterocycles. The van der Waals surface area contributed by atoms with Gasteiger partial charge in [-0.3, -0.25) is 4.90 Å². The van der Waals surface area contributed by atoms with Gasteiger partial charge in [0.2, 0.25) is 11.7 Å². The van der Waals surface area contributed by atoms with Crippen LogP contribution in [0.1, 0.15) is 18.4 Å². The van der Waals surface area contributed by atoms with Crippen LogP contribution >= 0.6 is 0 Å². The van der Waals surface area contributed by atoms with Crippen LogP contribution in [-0.4, -0.2) is 28.7 Å². The van der Waals surface area contributed by atoms with Gasteiger partial charge in [-0.25, -0.2) is 4.39 Å². The first kappa shape index (κ1) is 17.1. The van der Waals surface area contributed by atoms with Gasteiger partial charge < -0.3 is 9.26 Å². The average molecular weight is 341 g/mol. The zero-order valence-corrected chi connectivity index (χ0v) is 14.3. The second-order valence-electron chi connectivity index (χ2n) is 5.73. The molecule has 3 rings (SSSR count). The molecule has 1 heterocycles. The Bertz CT molecular complexity index is 818. The predicted molar refractivity (Wildman–Crippen MR) is 92.5 cm³/mol. The molecule has 0 atom stereocenters. The van der Waals surface area contributed by atoms with Gasteiger partial charge in [0.1, 0.15) is 11.6 Å². The molecule has 0 bridgehead atoms. The van der Waals surface area contributed by atoms with Crippen molar-refractivity contribution >= 4 is 0 Å². The molecule has 0 amide bonds. The quantitative estimate of drug-likeness (QED) is 0.652. The van der Waals surface area contributed by atoms with E-state index in [1.54, 1.807) is 12.1 Å². The van der Waals surface area contributed by atoms with Crippen molar-refractivity contribution in [3.63, 3.8) is 0 Å². The summed E-state index contributed by atoms with van der Waals surface area (Å²) in [4.78, 5) is 6.33. The van der Waals surface area contributed by atoms with Gasteiger partial charge in [0.25, 0.3) is 0 Å². The molecule has 0 unspecified atom stereocenters. The normalized spacial score (nSPS) is 11.0. The minimum atomic E-state index is -0.213. The summed E-state index contributed by atoms with van der Waals surface area (Å²) in [6, 6.07) is 14.3. The summed E-state index contributed by atoms with van der Waals surface area (Å²) in [7, 11) is 1.88. The van der Waals surface area contributed by atoms with Crippen LogP contribution in [0, 0.1) is 5.82 Å². The minimum absolute atomic E-state index is 0.213. The SMILES string of the molecule is CCOc1ccc(-c2noc(CN(C)Cc3ccccc3F)n2)cc1. The molecule has 0 aliphatic heterocycles. The van der Waals surface area contributed by atoms with E-state index < -0.39 is 0 Å². The Kier molecular flexibility index (Phi) is 5.40.